The van der Waals surface area contributed by atoms with Gasteiger partial charge in [0.05, 0.1) is 6.54 Å². The van der Waals surface area contributed by atoms with Crippen LogP contribution in [0.2, 0.25) is 0 Å². The van der Waals surface area contributed by atoms with Crippen LogP contribution >= 0.6 is 11.8 Å². The number of anilines is 2. The molecule has 200 valence electrons. The maximum Gasteiger partial charge on any atom is 0.234 e. The molecule has 1 aromatic carbocycles. The van der Waals surface area contributed by atoms with Gasteiger partial charge in [-0.1, -0.05) is 12.1 Å². The lowest BCUT2D eigenvalue weighted by atomic mass is 10.1. The van der Waals surface area contributed by atoms with E-state index in [2.05, 4.69) is 44.1 Å². The molecule has 2 fully saturated rings. The van der Waals surface area contributed by atoms with Gasteiger partial charge < -0.3 is 10.2 Å². The van der Waals surface area contributed by atoms with Crippen molar-refractivity contribution in [3.05, 3.63) is 71.6 Å². The molecular formula is C29H32N8OS. The molecule has 0 spiro atoms. The first-order valence-corrected chi connectivity index (χ1v) is 14.3. The molecule has 10 heteroatoms. The first kappa shape index (κ1) is 25.6. The van der Waals surface area contributed by atoms with Crippen molar-refractivity contribution in [3.63, 3.8) is 0 Å². The van der Waals surface area contributed by atoms with E-state index in [4.69, 9.17) is 15.0 Å². The molecule has 0 radical (unpaired) electrons. The molecule has 2 aromatic heterocycles. The zero-order chi connectivity index (χ0) is 26.6. The fourth-order valence-corrected chi connectivity index (χ4v) is 5.44. The minimum atomic E-state index is 0.286. The molecule has 0 atom stereocenters. The van der Waals surface area contributed by atoms with Gasteiger partial charge in [0.15, 0.2) is 5.16 Å². The van der Waals surface area contributed by atoms with Crippen molar-refractivity contribution in [3.8, 4) is 0 Å². The number of Topliss-reactive ketones (excluding diaryl/α,β-unsaturated/α-hetero) is 1. The molecule has 1 N–H and O–H groups in total. The molecule has 1 saturated heterocycles. The van der Waals surface area contributed by atoms with Crippen LogP contribution in [0.5, 0.6) is 0 Å². The second-order valence-electron chi connectivity index (χ2n) is 10.3. The second-order valence-corrected chi connectivity index (χ2v) is 11.4. The summed E-state index contributed by atoms with van der Waals surface area (Å²) in [5, 5.41) is 3.91. The number of hydrogen-bond acceptors (Lipinski definition) is 10. The van der Waals surface area contributed by atoms with Crippen molar-refractivity contribution < 1.29 is 4.79 Å². The van der Waals surface area contributed by atoms with E-state index in [9.17, 15) is 4.79 Å². The first-order chi connectivity index (χ1) is 19.1. The Kier molecular flexibility index (Phi) is 7.64. The number of hydrogen-bond donors (Lipinski definition) is 1. The number of carbonyl (C=O) groups excluding carboxylic acids is 1. The number of nitrogens with one attached hydrogen (secondary N) is 1. The van der Waals surface area contributed by atoms with Crippen LogP contribution < -0.4 is 10.2 Å². The molecule has 1 aliphatic carbocycles. The van der Waals surface area contributed by atoms with Crippen LogP contribution in [0.3, 0.4) is 0 Å². The molecule has 3 aromatic rings. The standard InChI is InChI=1S/C29H32N8OS/c1-20-16-26(31-18-20)32-27-33-28(37-14-12-36(13-15-37)19-22-8-10-30-11-9-22)35-29(34-27)39-24-6-2-21(3-7-24)17-25(38)23-4-5-23/h2-3,6-11,16,23H,4-5,12-15,17-19H2,1H3,(H,31,32,33,34,35). The fourth-order valence-electron chi connectivity index (χ4n) is 4.70. The topological polar surface area (TPSA) is 99.5 Å². The van der Waals surface area contributed by atoms with E-state index in [1.165, 1.54) is 22.9 Å². The Hall–Kier alpha value is -3.63. The maximum absolute atomic E-state index is 12.2. The third-order valence-corrected chi connectivity index (χ3v) is 7.95. The van der Waals surface area contributed by atoms with Crippen LogP contribution in [0, 0.1) is 5.92 Å². The highest BCUT2D eigenvalue weighted by atomic mass is 32.2. The molecule has 0 amide bonds. The highest BCUT2D eigenvalue weighted by Crippen LogP contribution is 2.32. The SMILES string of the molecule is CC1=CC(Nc2nc(Sc3ccc(CC(=O)C4CC4)cc3)nc(N3CCN(Cc4ccncc4)CC3)n2)=NC1. The summed E-state index contributed by atoms with van der Waals surface area (Å²) >= 11 is 1.50. The maximum atomic E-state index is 12.2. The van der Waals surface area contributed by atoms with Gasteiger partial charge in [0.25, 0.3) is 0 Å². The van der Waals surface area contributed by atoms with Crippen molar-refractivity contribution >= 4 is 35.3 Å². The van der Waals surface area contributed by atoms with Gasteiger partial charge in [-0.25, -0.2) is 0 Å². The van der Waals surface area contributed by atoms with Crippen LogP contribution in [0.1, 0.15) is 30.9 Å². The van der Waals surface area contributed by atoms with Gasteiger partial charge in [0.1, 0.15) is 11.6 Å². The van der Waals surface area contributed by atoms with Crippen molar-refractivity contribution in [2.45, 2.75) is 42.8 Å². The van der Waals surface area contributed by atoms with Crippen LogP contribution in [-0.2, 0) is 17.8 Å². The molecule has 3 aliphatic rings. The van der Waals surface area contributed by atoms with E-state index in [1.54, 1.807) is 0 Å². The number of rotatable bonds is 9. The zero-order valence-corrected chi connectivity index (χ0v) is 22.9. The summed E-state index contributed by atoms with van der Waals surface area (Å²) in [7, 11) is 0. The lowest BCUT2D eigenvalue weighted by Gasteiger charge is -2.34. The van der Waals surface area contributed by atoms with E-state index in [0.29, 0.717) is 35.8 Å². The number of amidine groups is 1. The average molecular weight is 541 g/mol. The molecule has 0 unspecified atom stereocenters. The van der Waals surface area contributed by atoms with Crippen molar-refractivity contribution in [2.75, 3.05) is 42.9 Å². The predicted octanol–water partition coefficient (Wildman–Crippen LogP) is 4.03. The third-order valence-electron chi connectivity index (χ3n) is 7.08. The van der Waals surface area contributed by atoms with Crippen molar-refractivity contribution in [2.24, 2.45) is 10.9 Å². The Labute approximate surface area is 232 Å². The molecule has 39 heavy (non-hydrogen) atoms. The fraction of sp³-hybridized carbons (Fsp3) is 0.379. The molecule has 4 heterocycles. The van der Waals surface area contributed by atoms with E-state index in [0.717, 1.165) is 61.9 Å². The van der Waals surface area contributed by atoms with Crippen LogP contribution in [-0.4, -0.2) is 69.2 Å². The summed E-state index contributed by atoms with van der Waals surface area (Å²) in [6, 6.07) is 12.3. The minimum absolute atomic E-state index is 0.286. The van der Waals surface area contributed by atoms with E-state index >= 15 is 0 Å². The lowest BCUT2D eigenvalue weighted by molar-refractivity contribution is -0.119. The van der Waals surface area contributed by atoms with Gasteiger partial charge in [-0.05, 0) is 78.6 Å². The molecule has 6 rings (SSSR count). The summed E-state index contributed by atoms with van der Waals surface area (Å²) in [5.74, 6) is 2.58. The molecular weight excluding hydrogens is 508 g/mol. The number of piperazine rings is 1. The van der Waals surface area contributed by atoms with Gasteiger partial charge >= 0.3 is 0 Å². The zero-order valence-electron chi connectivity index (χ0n) is 22.1. The van der Waals surface area contributed by atoms with Crippen molar-refractivity contribution in [1.82, 2.24) is 24.8 Å². The molecule has 2 aliphatic heterocycles. The average Bonchev–Trinajstić information content (AvgIpc) is 3.73. The number of benzene rings is 1. The monoisotopic (exact) mass is 540 g/mol. The highest BCUT2D eigenvalue weighted by Gasteiger charge is 2.29. The van der Waals surface area contributed by atoms with Gasteiger partial charge in [-0.15, -0.1) is 0 Å². The Morgan fingerprint density at radius 2 is 1.74 bits per heavy atom. The number of aliphatic imine (C=N–C) groups is 1. The van der Waals surface area contributed by atoms with Crippen LogP contribution in [0.4, 0.5) is 11.9 Å². The number of aromatic nitrogens is 4. The third kappa shape index (κ3) is 6.88. The number of nitrogens with zero attached hydrogens (tertiary/aromatic N) is 7. The van der Waals surface area contributed by atoms with Gasteiger partial charge in [0, 0.05) is 62.4 Å². The summed E-state index contributed by atoms with van der Waals surface area (Å²) in [6.07, 6.45) is 8.32. The van der Waals surface area contributed by atoms with Crippen LogP contribution in [0.15, 0.2) is 75.5 Å². The largest absolute Gasteiger partial charge is 0.338 e. The number of carbonyl (C=O) groups is 1. The Morgan fingerprint density at radius 1 is 0.974 bits per heavy atom. The van der Waals surface area contributed by atoms with Gasteiger partial charge in [-0.2, -0.15) is 15.0 Å². The van der Waals surface area contributed by atoms with E-state index in [1.807, 2.05) is 42.7 Å². The predicted molar refractivity (Wildman–Crippen MR) is 153 cm³/mol. The second kappa shape index (κ2) is 11.6. The van der Waals surface area contributed by atoms with Gasteiger partial charge in [-0.3, -0.25) is 19.7 Å². The summed E-state index contributed by atoms with van der Waals surface area (Å²) in [4.78, 5) is 40.8. The normalized spacial score (nSPS) is 17.6. The minimum Gasteiger partial charge on any atom is -0.338 e. The Bertz CT molecular complexity index is 1380. The smallest absolute Gasteiger partial charge is 0.234 e. The van der Waals surface area contributed by atoms with E-state index < -0.39 is 0 Å². The quantitative estimate of drug-likeness (QED) is 0.431. The Morgan fingerprint density at radius 3 is 2.44 bits per heavy atom. The van der Waals surface area contributed by atoms with E-state index in [-0.39, 0.29) is 5.92 Å². The van der Waals surface area contributed by atoms with Gasteiger partial charge in [0.2, 0.25) is 11.9 Å². The number of ketones is 1. The van der Waals surface area contributed by atoms with Crippen molar-refractivity contribution in [1.29, 1.82) is 0 Å². The molecule has 9 nitrogen and oxygen atoms in total. The lowest BCUT2D eigenvalue weighted by Crippen LogP contribution is -2.46. The first-order valence-electron chi connectivity index (χ1n) is 13.5. The Balaban J connectivity index is 1.16. The molecule has 0 bridgehead atoms. The number of pyridine rings is 1. The summed E-state index contributed by atoms with van der Waals surface area (Å²) in [6.45, 7) is 7.19. The summed E-state index contributed by atoms with van der Waals surface area (Å²) in [5.41, 5.74) is 3.53. The van der Waals surface area contributed by atoms with Crippen LogP contribution in [0.25, 0.3) is 0 Å². The summed E-state index contributed by atoms with van der Waals surface area (Å²) < 4.78 is 0. The highest BCUT2D eigenvalue weighted by molar-refractivity contribution is 7.99. The molecule has 1 saturated carbocycles.